The maximum absolute atomic E-state index is 5.56. The third-order valence-corrected chi connectivity index (χ3v) is 5.81. The molecule has 0 radical (unpaired) electrons. The van der Waals surface area contributed by atoms with Crippen molar-refractivity contribution in [3.8, 4) is 0 Å². The lowest BCUT2D eigenvalue weighted by Crippen LogP contribution is -2.20. The number of allylic oxidation sites excluding steroid dienone is 8. The standard InChI is InChI=1S/C29H47N3O2/c1-8-10-11-12-13-14-15-16-17-18-19-26(22-33-7)25(6)29-31-27(23(3)4)30-28(32-29)24(5)20-21-34-9-2/h8,10,12-13,15-18,23-26H,9,11,14,19-22H2,1-7H3/b10-8-,13-12-,16-15-,18-17-. The summed E-state index contributed by atoms with van der Waals surface area (Å²) in [6.45, 7) is 14.8. The summed E-state index contributed by atoms with van der Waals surface area (Å²) >= 11 is 0. The van der Waals surface area contributed by atoms with Crippen LogP contribution in [0.5, 0.6) is 0 Å². The van der Waals surface area contributed by atoms with Gasteiger partial charge in [0.2, 0.25) is 0 Å². The van der Waals surface area contributed by atoms with E-state index in [0.717, 1.165) is 56.4 Å². The second-order valence-electron chi connectivity index (χ2n) is 9.06. The van der Waals surface area contributed by atoms with Gasteiger partial charge in [-0.3, -0.25) is 0 Å². The highest BCUT2D eigenvalue weighted by atomic mass is 16.5. The molecule has 1 aromatic heterocycles. The lowest BCUT2D eigenvalue weighted by Gasteiger charge is -2.23. The van der Waals surface area contributed by atoms with Crippen LogP contribution in [0.4, 0.5) is 0 Å². The van der Waals surface area contributed by atoms with Gasteiger partial charge in [-0.15, -0.1) is 0 Å². The Morgan fingerprint density at radius 3 is 2.12 bits per heavy atom. The quantitative estimate of drug-likeness (QED) is 0.136. The summed E-state index contributed by atoms with van der Waals surface area (Å²) in [6.07, 6.45) is 21.0. The van der Waals surface area contributed by atoms with E-state index in [0.29, 0.717) is 12.5 Å². The van der Waals surface area contributed by atoms with Gasteiger partial charge in [0.05, 0.1) is 0 Å². The molecule has 0 aliphatic heterocycles. The van der Waals surface area contributed by atoms with Crippen molar-refractivity contribution in [3.05, 3.63) is 66.1 Å². The van der Waals surface area contributed by atoms with Crippen LogP contribution in [-0.2, 0) is 9.47 Å². The van der Waals surface area contributed by atoms with Crippen LogP contribution in [0.15, 0.2) is 48.6 Å². The Hall–Kier alpha value is -2.11. The molecule has 0 aliphatic carbocycles. The predicted octanol–water partition coefficient (Wildman–Crippen LogP) is 7.31. The Morgan fingerprint density at radius 1 is 0.824 bits per heavy atom. The summed E-state index contributed by atoms with van der Waals surface area (Å²) in [5.41, 5.74) is 0. The molecule has 5 heteroatoms. The van der Waals surface area contributed by atoms with Gasteiger partial charge in [0, 0.05) is 44.7 Å². The van der Waals surface area contributed by atoms with Crippen molar-refractivity contribution in [2.45, 2.75) is 85.0 Å². The average molecular weight is 470 g/mol. The average Bonchev–Trinajstić information content (AvgIpc) is 2.83. The number of rotatable bonds is 17. The zero-order chi connectivity index (χ0) is 25.2. The third-order valence-electron chi connectivity index (χ3n) is 5.81. The fourth-order valence-electron chi connectivity index (χ4n) is 3.46. The number of hydrogen-bond donors (Lipinski definition) is 0. The fourth-order valence-corrected chi connectivity index (χ4v) is 3.46. The van der Waals surface area contributed by atoms with E-state index in [1.54, 1.807) is 7.11 Å². The van der Waals surface area contributed by atoms with E-state index in [1.807, 2.05) is 13.8 Å². The molecule has 5 nitrogen and oxygen atoms in total. The Morgan fingerprint density at radius 2 is 1.47 bits per heavy atom. The third kappa shape index (κ3) is 11.8. The second-order valence-corrected chi connectivity index (χ2v) is 9.06. The van der Waals surface area contributed by atoms with Crippen molar-refractivity contribution in [1.82, 2.24) is 15.0 Å². The van der Waals surface area contributed by atoms with E-state index in [4.69, 9.17) is 24.4 Å². The summed E-state index contributed by atoms with van der Waals surface area (Å²) in [5, 5.41) is 0. The number of hydrogen-bond acceptors (Lipinski definition) is 5. The molecule has 1 rings (SSSR count). The van der Waals surface area contributed by atoms with Gasteiger partial charge in [0.1, 0.15) is 17.5 Å². The molecule has 0 N–H and O–H groups in total. The summed E-state index contributed by atoms with van der Waals surface area (Å²) in [6, 6.07) is 0. The molecule has 1 aromatic rings. The van der Waals surface area contributed by atoms with Crippen LogP contribution in [0.2, 0.25) is 0 Å². The Bertz CT molecular complexity index is 784. The van der Waals surface area contributed by atoms with E-state index in [1.165, 1.54) is 0 Å². The summed E-state index contributed by atoms with van der Waals surface area (Å²) in [4.78, 5) is 14.6. The number of methoxy groups -OCH3 is 1. The summed E-state index contributed by atoms with van der Waals surface area (Å²) < 4.78 is 11.1. The molecular formula is C29H47N3O2. The van der Waals surface area contributed by atoms with Gasteiger partial charge in [-0.05, 0) is 45.4 Å². The van der Waals surface area contributed by atoms with Gasteiger partial charge in [-0.1, -0.05) is 76.3 Å². The number of ether oxygens (including phenoxy) is 2. The van der Waals surface area contributed by atoms with Gasteiger partial charge in [-0.2, -0.15) is 0 Å². The normalized spacial score (nSPS) is 15.4. The molecule has 0 spiro atoms. The molecule has 1 heterocycles. The van der Waals surface area contributed by atoms with E-state index < -0.39 is 0 Å². The SMILES string of the molecule is C/C=C\C/C=C\C/C=C\C=C/CC(COC)C(C)c1nc(C(C)C)nc(C(C)CCOCC)n1. The maximum atomic E-state index is 5.56. The van der Waals surface area contributed by atoms with E-state index in [9.17, 15) is 0 Å². The lowest BCUT2D eigenvalue weighted by atomic mass is 9.90. The van der Waals surface area contributed by atoms with Crippen LogP contribution in [0, 0.1) is 5.92 Å². The van der Waals surface area contributed by atoms with Gasteiger partial charge < -0.3 is 9.47 Å². The van der Waals surface area contributed by atoms with E-state index in [2.05, 4.69) is 76.3 Å². The van der Waals surface area contributed by atoms with E-state index >= 15 is 0 Å². The van der Waals surface area contributed by atoms with Crippen molar-refractivity contribution in [3.63, 3.8) is 0 Å². The number of nitrogens with zero attached hydrogens (tertiary/aromatic N) is 3. The minimum absolute atomic E-state index is 0.168. The molecule has 190 valence electrons. The van der Waals surface area contributed by atoms with Crippen molar-refractivity contribution < 1.29 is 9.47 Å². The fraction of sp³-hybridized carbons (Fsp3) is 0.621. The lowest BCUT2D eigenvalue weighted by molar-refractivity contribution is 0.139. The van der Waals surface area contributed by atoms with Gasteiger partial charge in [0.25, 0.3) is 0 Å². The second kappa shape index (κ2) is 18.2. The van der Waals surface area contributed by atoms with Gasteiger partial charge in [0.15, 0.2) is 0 Å². The van der Waals surface area contributed by atoms with Crippen LogP contribution in [0.1, 0.15) is 102 Å². The molecule has 0 bridgehead atoms. The highest BCUT2D eigenvalue weighted by Gasteiger charge is 2.24. The summed E-state index contributed by atoms with van der Waals surface area (Å²) in [5.74, 6) is 3.56. The van der Waals surface area contributed by atoms with E-state index in [-0.39, 0.29) is 17.8 Å². The van der Waals surface area contributed by atoms with Gasteiger partial charge >= 0.3 is 0 Å². The minimum Gasteiger partial charge on any atom is -0.384 e. The predicted molar refractivity (Wildman–Crippen MR) is 143 cm³/mol. The van der Waals surface area contributed by atoms with Crippen LogP contribution in [-0.4, -0.2) is 41.9 Å². The molecule has 34 heavy (non-hydrogen) atoms. The monoisotopic (exact) mass is 469 g/mol. The molecule has 0 fully saturated rings. The summed E-state index contributed by atoms with van der Waals surface area (Å²) in [7, 11) is 1.76. The molecule has 0 saturated carbocycles. The highest BCUT2D eigenvalue weighted by molar-refractivity contribution is 5.10. The Labute approximate surface area is 208 Å². The smallest absolute Gasteiger partial charge is 0.135 e. The highest BCUT2D eigenvalue weighted by Crippen LogP contribution is 2.28. The molecule has 3 unspecified atom stereocenters. The van der Waals surface area contributed by atoms with Crippen molar-refractivity contribution >= 4 is 0 Å². The first-order chi connectivity index (χ1) is 16.4. The Balaban J connectivity index is 2.87. The molecule has 3 atom stereocenters. The first-order valence-corrected chi connectivity index (χ1v) is 12.8. The van der Waals surface area contributed by atoms with Crippen molar-refractivity contribution in [2.75, 3.05) is 26.9 Å². The maximum Gasteiger partial charge on any atom is 0.135 e. The molecule has 0 amide bonds. The minimum atomic E-state index is 0.168. The number of aromatic nitrogens is 3. The Kier molecular flexibility index (Phi) is 16.1. The zero-order valence-corrected chi connectivity index (χ0v) is 22.5. The molecule has 0 saturated heterocycles. The zero-order valence-electron chi connectivity index (χ0n) is 22.5. The molecule has 0 aliphatic rings. The molecule has 0 aromatic carbocycles. The van der Waals surface area contributed by atoms with Crippen LogP contribution < -0.4 is 0 Å². The van der Waals surface area contributed by atoms with Crippen LogP contribution in [0.25, 0.3) is 0 Å². The van der Waals surface area contributed by atoms with Crippen LogP contribution >= 0.6 is 0 Å². The topological polar surface area (TPSA) is 57.1 Å². The van der Waals surface area contributed by atoms with Crippen molar-refractivity contribution in [1.29, 1.82) is 0 Å². The first-order valence-electron chi connectivity index (χ1n) is 12.8. The van der Waals surface area contributed by atoms with Crippen molar-refractivity contribution in [2.24, 2.45) is 5.92 Å². The van der Waals surface area contributed by atoms with Crippen LogP contribution in [0.3, 0.4) is 0 Å². The van der Waals surface area contributed by atoms with Gasteiger partial charge in [-0.25, -0.2) is 15.0 Å². The largest absolute Gasteiger partial charge is 0.384 e. The molecular weight excluding hydrogens is 422 g/mol. The first kappa shape index (κ1) is 29.9.